The standard InChI is InChI=1S/C17H22N2O2/c1-16(2,3)19(15(20)21)17(10-4-5-11-17)14-8-6-13(12-18)7-9-14/h6-9H,4-5,10-11H2,1-3H3,(H,20,21). The minimum atomic E-state index is -0.881. The van der Waals surface area contributed by atoms with Gasteiger partial charge in [0, 0.05) is 5.54 Å². The number of hydrogen-bond donors (Lipinski definition) is 1. The molecule has 0 unspecified atom stereocenters. The van der Waals surface area contributed by atoms with E-state index in [0.29, 0.717) is 5.56 Å². The third-order valence-electron chi connectivity index (χ3n) is 4.27. The Labute approximate surface area is 126 Å². The Kier molecular flexibility index (Phi) is 3.95. The van der Waals surface area contributed by atoms with Crippen molar-refractivity contribution < 1.29 is 9.90 Å². The first-order chi connectivity index (χ1) is 9.81. The van der Waals surface area contributed by atoms with Crippen molar-refractivity contribution in [3.8, 4) is 6.07 Å². The number of hydrogen-bond acceptors (Lipinski definition) is 2. The summed E-state index contributed by atoms with van der Waals surface area (Å²) < 4.78 is 0. The first-order valence-electron chi connectivity index (χ1n) is 7.35. The molecule has 1 amide bonds. The zero-order chi connectivity index (χ0) is 15.7. The summed E-state index contributed by atoms with van der Waals surface area (Å²) in [5, 5.41) is 18.7. The highest BCUT2D eigenvalue weighted by Gasteiger charge is 2.48. The molecule has 1 fully saturated rings. The van der Waals surface area contributed by atoms with Gasteiger partial charge in [-0.25, -0.2) is 4.79 Å². The lowest BCUT2D eigenvalue weighted by molar-refractivity contribution is 0.0155. The van der Waals surface area contributed by atoms with Crippen molar-refractivity contribution in [2.24, 2.45) is 0 Å². The van der Waals surface area contributed by atoms with Crippen LogP contribution in [-0.2, 0) is 5.54 Å². The van der Waals surface area contributed by atoms with E-state index < -0.39 is 17.2 Å². The highest BCUT2D eigenvalue weighted by molar-refractivity contribution is 5.68. The molecule has 1 N–H and O–H groups in total. The molecule has 4 nitrogen and oxygen atoms in total. The van der Waals surface area contributed by atoms with Crippen molar-refractivity contribution in [3.63, 3.8) is 0 Å². The van der Waals surface area contributed by atoms with E-state index in [1.54, 1.807) is 17.0 Å². The van der Waals surface area contributed by atoms with Gasteiger partial charge in [0.25, 0.3) is 0 Å². The fraction of sp³-hybridized carbons (Fsp3) is 0.529. The summed E-state index contributed by atoms with van der Waals surface area (Å²) in [7, 11) is 0. The predicted octanol–water partition coefficient (Wildman–Crippen LogP) is 4.11. The van der Waals surface area contributed by atoms with Crippen molar-refractivity contribution in [3.05, 3.63) is 35.4 Å². The fourth-order valence-corrected chi connectivity index (χ4v) is 3.57. The zero-order valence-corrected chi connectivity index (χ0v) is 12.9. The molecule has 21 heavy (non-hydrogen) atoms. The van der Waals surface area contributed by atoms with Crippen LogP contribution in [-0.4, -0.2) is 21.6 Å². The van der Waals surface area contributed by atoms with Crippen LogP contribution in [0.3, 0.4) is 0 Å². The molecule has 0 aliphatic heterocycles. The van der Waals surface area contributed by atoms with Gasteiger partial charge in [-0.3, -0.25) is 4.90 Å². The number of carbonyl (C=O) groups is 1. The van der Waals surface area contributed by atoms with Gasteiger partial charge < -0.3 is 5.11 Å². The number of rotatable bonds is 2. The maximum absolute atomic E-state index is 11.9. The second kappa shape index (κ2) is 5.40. The highest BCUT2D eigenvalue weighted by atomic mass is 16.4. The van der Waals surface area contributed by atoms with E-state index in [0.717, 1.165) is 31.2 Å². The first kappa shape index (κ1) is 15.4. The molecule has 0 spiro atoms. The molecule has 0 saturated heterocycles. The molecular weight excluding hydrogens is 264 g/mol. The van der Waals surface area contributed by atoms with Crippen LogP contribution >= 0.6 is 0 Å². The molecule has 1 aliphatic rings. The lowest BCUT2D eigenvalue weighted by Crippen LogP contribution is -2.56. The molecule has 0 heterocycles. The van der Waals surface area contributed by atoms with Crippen LogP contribution in [0.4, 0.5) is 4.79 Å². The van der Waals surface area contributed by atoms with Crippen molar-refractivity contribution in [1.82, 2.24) is 4.90 Å². The third-order valence-corrected chi connectivity index (χ3v) is 4.27. The van der Waals surface area contributed by atoms with Crippen LogP contribution in [0, 0.1) is 11.3 Å². The lowest BCUT2D eigenvalue weighted by Gasteiger charge is -2.47. The van der Waals surface area contributed by atoms with Gasteiger partial charge in [-0.05, 0) is 51.3 Å². The summed E-state index contributed by atoms with van der Waals surface area (Å²) in [6.45, 7) is 5.81. The van der Waals surface area contributed by atoms with Gasteiger partial charge in [-0.1, -0.05) is 25.0 Å². The number of carboxylic acid groups (broad SMARTS) is 1. The molecule has 112 valence electrons. The summed E-state index contributed by atoms with van der Waals surface area (Å²) in [5.41, 5.74) is 0.656. The summed E-state index contributed by atoms with van der Waals surface area (Å²) >= 11 is 0. The van der Waals surface area contributed by atoms with E-state index in [4.69, 9.17) is 5.26 Å². The normalized spacial score (nSPS) is 17.2. The van der Waals surface area contributed by atoms with Crippen LogP contribution in [0.2, 0.25) is 0 Å². The largest absolute Gasteiger partial charge is 0.465 e. The molecule has 1 aliphatic carbocycles. The number of nitriles is 1. The zero-order valence-electron chi connectivity index (χ0n) is 12.9. The van der Waals surface area contributed by atoms with Crippen LogP contribution in [0.5, 0.6) is 0 Å². The molecule has 0 aromatic heterocycles. The number of amides is 1. The molecule has 0 radical (unpaired) electrons. The quantitative estimate of drug-likeness (QED) is 0.890. The molecule has 0 atom stereocenters. The van der Waals surface area contributed by atoms with Gasteiger partial charge in [0.15, 0.2) is 0 Å². The summed E-state index contributed by atoms with van der Waals surface area (Å²) in [6, 6.07) is 9.48. The SMILES string of the molecule is CC(C)(C)N(C(=O)O)C1(c2ccc(C#N)cc2)CCCC1. The third kappa shape index (κ3) is 2.73. The van der Waals surface area contributed by atoms with Gasteiger partial charge in [0.2, 0.25) is 0 Å². The maximum atomic E-state index is 11.9. The van der Waals surface area contributed by atoms with Crippen molar-refractivity contribution in [2.75, 3.05) is 0 Å². The second-order valence-electron chi connectivity index (χ2n) is 6.72. The van der Waals surface area contributed by atoms with Crippen LogP contribution in [0.1, 0.15) is 57.6 Å². The van der Waals surface area contributed by atoms with Gasteiger partial charge >= 0.3 is 6.09 Å². The van der Waals surface area contributed by atoms with Crippen molar-refractivity contribution in [2.45, 2.75) is 57.5 Å². The summed E-state index contributed by atoms with van der Waals surface area (Å²) in [5.74, 6) is 0. The second-order valence-corrected chi connectivity index (χ2v) is 6.72. The average Bonchev–Trinajstić information content (AvgIpc) is 2.87. The Morgan fingerprint density at radius 2 is 1.76 bits per heavy atom. The summed E-state index contributed by atoms with van der Waals surface area (Å²) in [4.78, 5) is 13.5. The first-order valence-corrected chi connectivity index (χ1v) is 7.35. The molecule has 2 rings (SSSR count). The number of nitrogens with zero attached hydrogens (tertiary/aromatic N) is 2. The molecular formula is C17H22N2O2. The molecule has 4 heteroatoms. The van der Waals surface area contributed by atoms with E-state index in [2.05, 4.69) is 6.07 Å². The number of benzene rings is 1. The molecule has 1 aromatic rings. The van der Waals surface area contributed by atoms with Gasteiger partial charge in [0.1, 0.15) is 0 Å². The van der Waals surface area contributed by atoms with E-state index in [9.17, 15) is 9.90 Å². The van der Waals surface area contributed by atoms with Crippen LogP contribution < -0.4 is 0 Å². The van der Waals surface area contributed by atoms with Gasteiger partial charge in [0.05, 0.1) is 17.2 Å². The lowest BCUT2D eigenvalue weighted by atomic mass is 9.83. The monoisotopic (exact) mass is 286 g/mol. The Bertz CT molecular complexity index is 558. The Balaban J connectivity index is 2.53. The Morgan fingerprint density at radius 1 is 1.24 bits per heavy atom. The minimum absolute atomic E-state index is 0.468. The van der Waals surface area contributed by atoms with Gasteiger partial charge in [-0.2, -0.15) is 5.26 Å². The molecule has 1 saturated carbocycles. The van der Waals surface area contributed by atoms with Crippen LogP contribution in [0.25, 0.3) is 0 Å². The van der Waals surface area contributed by atoms with Crippen LogP contribution in [0.15, 0.2) is 24.3 Å². The molecule has 0 bridgehead atoms. The minimum Gasteiger partial charge on any atom is -0.465 e. The average molecular weight is 286 g/mol. The smallest absolute Gasteiger partial charge is 0.408 e. The predicted molar refractivity (Wildman–Crippen MR) is 80.9 cm³/mol. The van der Waals surface area contributed by atoms with Crippen molar-refractivity contribution in [1.29, 1.82) is 5.26 Å². The highest BCUT2D eigenvalue weighted by Crippen LogP contribution is 2.47. The van der Waals surface area contributed by atoms with E-state index >= 15 is 0 Å². The van der Waals surface area contributed by atoms with E-state index in [1.165, 1.54) is 0 Å². The van der Waals surface area contributed by atoms with E-state index in [-0.39, 0.29) is 0 Å². The van der Waals surface area contributed by atoms with E-state index in [1.807, 2.05) is 32.9 Å². The van der Waals surface area contributed by atoms with Crippen molar-refractivity contribution >= 4 is 6.09 Å². The maximum Gasteiger partial charge on any atom is 0.408 e. The Morgan fingerprint density at radius 3 is 2.14 bits per heavy atom. The Hall–Kier alpha value is -2.02. The van der Waals surface area contributed by atoms with Gasteiger partial charge in [-0.15, -0.1) is 0 Å². The summed E-state index contributed by atoms with van der Waals surface area (Å²) in [6.07, 6.45) is 2.85. The topological polar surface area (TPSA) is 64.3 Å². The molecule has 1 aromatic carbocycles. The fourth-order valence-electron chi connectivity index (χ4n) is 3.57.